The summed E-state index contributed by atoms with van der Waals surface area (Å²) in [6, 6.07) is 0. The molecule has 6 aliphatic rings. The summed E-state index contributed by atoms with van der Waals surface area (Å²) >= 11 is 0. The van der Waals surface area contributed by atoms with E-state index in [0.29, 0.717) is 34.6 Å². The largest absolute Gasteiger partial charge is 0.357 e. The first-order valence-electron chi connectivity index (χ1n) is 12.8. The highest BCUT2D eigenvalue weighted by molar-refractivity contribution is 5.79. The summed E-state index contributed by atoms with van der Waals surface area (Å²) in [5.41, 5.74) is 0.863. The number of carbonyl (C=O) groups excluding carboxylic acids is 1. The second-order valence-corrected chi connectivity index (χ2v) is 12.4. The smallest absolute Gasteiger partial charge is 0.133 e. The van der Waals surface area contributed by atoms with Gasteiger partial charge in [0.15, 0.2) is 0 Å². The van der Waals surface area contributed by atoms with E-state index in [1.54, 1.807) is 0 Å². The zero-order valence-electron chi connectivity index (χ0n) is 18.8. The second kappa shape index (κ2) is 6.31. The molecule has 29 heavy (non-hydrogen) atoms. The maximum Gasteiger partial charge on any atom is 0.133 e. The first kappa shape index (κ1) is 19.3. The number of Topliss-reactive ketones (excluding diaryl/α,β-unsaturated/α-hetero) is 1. The van der Waals surface area contributed by atoms with Crippen LogP contribution in [0.5, 0.6) is 0 Å². The minimum Gasteiger partial charge on any atom is -0.357 e. The predicted molar refractivity (Wildman–Crippen MR) is 114 cm³/mol. The van der Waals surface area contributed by atoms with Crippen LogP contribution in [-0.2, 0) is 9.53 Å². The van der Waals surface area contributed by atoms with Crippen LogP contribution in [0.1, 0.15) is 91.4 Å². The molecule has 6 fully saturated rings. The molecule has 3 nitrogen and oxygen atoms in total. The Morgan fingerprint density at radius 3 is 2.66 bits per heavy atom. The molecule has 0 aromatic rings. The lowest BCUT2D eigenvalue weighted by molar-refractivity contribution is -0.143. The van der Waals surface area contributed by atoms with Gasteiger partial charge in [0.25, 0.3) is 0 Å². The minimum absolute atomic E-state index is 0.0220. The van der Waals surface area contributed by atoms with Crippen LogP contribution in [0.3, 0.4) is 0 Å². The summed E-state index contributed by atoms with van der Waals surface area (Å²) in [6.45, 7) is 8.86. The van der Waals surface area contributed by atoms with Crippen LogP contribution in [0.4, 0.5) is 0 Å². The van der Waals surface area contributed by atoms with Gasteiger partial charge in [-0.3, -0.25) is 10.1 Å². The number of nitrogens with one attached hydrogen (secondary N) is 1. The fourth-order valence-electron chi connectivity index (χ4n) is 10.1. The van der Waals surface area contributed by atoms with Crippen molar-refractivity contribution in [1.29, 1.82) is 0 Å². The second-order valence-electron chi connectivity index (χ2n) is 12.4. The van der Waals surface area contributed by atoms with Gasteiger partial charge >= 0.3 is 0 Å². The van der Waals surface area contributed by atoms with Gasteiger partial charge in [-0.15, -0.1) is 0 Å². The van der Waals surface area contributed by atoms with E-state index in [0.717, 1.165) is 49.5 Å². The van der Waals surface area contributed by atoms with Gasteiger partial charge in [-0.1, -0.05) is 20.8 Å². The summed E-state index contributed by atoms with van der Waals surface area (Å²) in [4.78, 5) is 12.1. The van der Waals surface area contributed by atoms with Gasteiger partial charge in [0.05, 0.1) is 6.10 Å². The van der Waals surface area contributed by atoms with Crippen LogP contribution in [0.2, 0.25) is 0 Å². The molecular formula is C26H41NO2. The molecule has 2 heterocycles. The zero-order valence-corrected chi connectivity index (χ0v) is 18.8. The van der Waals surface area contributed by atoms with Crippen LogP contribution < -0.4 is 5.32 Å². The molecular weight excluding hydrogens is 358 g/mol. The molecule has 0 aromatic carbocycles. The summed E-state index contributed by atoms with van der Waals surface area (Å²) < 4.78 is 6.95. The van der Waals surface area contributed by atoms with Crippen LogP contribution in [-0.4, -0.2) is 24.2 Å². The normalized spacial score (nSPS) is 59.1. The Kier molecular flexibility index (Phi) is 4.20. The van der Waals surface area contributed by atoms with E-state index < -0.39 is 0 Å². The minimum atomic E-state index is -0.0220. The third-order valence-electron chi connectivity index (χ3n) is 11.6. The number of piperidine rings is 1. The highest BCUT2D eigenvalue weighted by Gasteiger charge is 2.68. The summed E-state index contributed by atoms with van der Waals surface area (Å²) in [5.74, 6) is 5.14. The number of hydrogen-bond donors (Lipinski definition) is 1. The average Bonchev–Trinajstić information content (AvgIpc) is 3.14. The lowest BCUT2D eigenvalue weighted by atomic mass is 9.44. The summed E-state index contributed by atoms with van der Waals surface area (Å²) in [6.07, 6.45) is 13.9. The number of ketones is 1. The van der Waals surface area contributed by atoms with Crippen molar-refractivity contribution in [2.45, 2.75) is 103 Å². The van der Waals surface area contributed by atoms with Crippen molar-refractivity contribution in [3.63, 3.8) is 0 Å². The van der Waals surface area contributed by atoms with Crippen molar-refractivity contribution >= 4 is 5.78 Å². The molecule has 0 radical (unpaired) electrons. The van der Waals surface area contributed by atoms with Crippen molar-refractivity contribution in [3.05, 3.63) is 0 Å². The van der Waals surface area contributed by atoms with Gasteiger partial charge in [0, 0.05) is 18.8 Å². The molecule has 1 N–H and O–H groups in total. The quantitative estimate of drug-likeness (QED) is 0.598. The monoisotopic (exact) mass is 399 g/mol. The van der Waals surface area contributed by atoms with Crippen LogP contribution in [0, 0.1) is 46.3 Å². The van der Waals surface area contributed by atoms with E-state index in [-0.39, 0.29) is 5.72 Å². The molecule has 2 saturated heterocycles. The number of ether oxygens (including phenoxy) is 1. The first-order valence-corrected chi connectivity index (χ1v) is 12.8. The lowest BCUT2D eigenvalue weighted by Gasteiger charge is -2.60. The molecule has 1 spiro atoms. The topological polar surface area (TPSA) is 38.3 Å². The van der Waals surface area contributed by atoms with Crippen molar-refractivity contribution in [2.75, 3.05) is 6.54 Å². The summed E-state index contributed by atoms with van der Waals surface area (Å²) in [7, 11) is 0. The molecule has 6 unspecified atom stereocenters. The van der Waals surface area contributed by atoms with E-state index in [9.17, 15) is 4.79 Å². The van der Waals surface area contributed by atoms with E-state index >= 15 is 0 Å². The van der Waals surface area contributed by atoms with Crippen LogP contribution in [0.15, 0.2) is 0 Å². The van der Waals surface area contributed by atoms with Gasteiger partial charge in [-0.25, -0.2) is 0 Å². The van der Waals surface area contributed by atoms with E-state index in [4.69, 9.17) is 4.74 Å². The highest BCUT2D eigenvalue weighted by atomic mass is 16.5. The van der Waals surface area contributed by atoms with Gasteiger partial charge in [-0.05, 0) is 105 Å². The third kappa shape index (κ3) is 2.47. The van der Waals surface area contributed by atoms with Crippen molar-refractivity contribution < 1.29 is 9.53 Å². The van der Waals surface area contributed by atoms with E-state index in [1.807, 2.05) is 0 Å². The van der Waals surface area contributed by atoms with E-state index in [2.05, 4.69) is 26.1 Å². The molecule has 4 saturated carbocycles. The number of rotatable bonds is 0. The fraction of sp³-hybridized carbons (Fsp3) is 0.962. The molecule has 10 atom stereocenters. The van der Waals surface area contributed by atoms with Crippen molar-refractivity contribution in [3.8, 4) is 0 Å². The molecule has 0 bridgehead atoms. The maximum absolute atomic E-state index is 12.1. The molecule has 3 heteroatoms. The molecule has 6 rings (SSSR count). The number of fused-ring (bicyclic) bond motifs is 7. The SMILES string of the molecule is C[C@H]1C2C(CC3C4CCC5CC(=O)CC[C@]5(C)C4CC[C@@]32C)O[C@@]12CCCCN2. The fourth-order valence-corrected chi connectivity index (χ4v) is 10.1. The lowest BCUT2D eigenvalue weighted by Crippen LogP contribution is -2.56. The van der Waals surface area contributed by atoms with Gasteiger partial charge in [0.1, 0.15) is 11.5 Å². The Morgan fingerprint density at radius 2 is 1.86 bits per heavy atom. The average molecular weight is 400 g/mol. The number of carbonyl (C=O) groups is 1. The molecule has 4 aliphatic carbocycles. The number of hydrogen-bond acceptors (Lipinski definition) is 3. The van der Waals surface area contributed by atoms with Gasteiger partial charge in [0.2, 0.25) is 0 Å². The summed E-state index contributed by atoms with van der Waals surface area (Å²) in [5, 5.41) is 3.84. The van der Waals surface area contributed by atoms with Crippen molar-refractivity contribution in [2.24, 2.45) is 46.3 Å². The molecule has 0 aromatic heterocycles. The third-order valence-corrected chi connectivity index (χ3v) is 11.6. The zero-order chi connectivity index (χ0) is 20.0. The Hall–Kier alpha value is -0.410. The van der Waals surface area contributed by atoms with Crippen LogP contribution in [0.25, 0.3) is 0 Å². The standard InChI is InChI=1S/C26H41NO2/c1-16-23-22(29-26(16)10-4-5-13-27-26)15-21-19-7-6-17-14-18(28)8-11-24(17,2)20(19)9-12-25(21,23)3/h16-17,19-23,27H,4-15H2,1-3H3/t16-,17?,19?,20?,21?,22?,23?,24-,25-,26-/m0/s1. The predicted octanol–water partition coefficient (Wildman–Crippen LogP) is 5.33. The first-order chi connectivity index (χ1) is 13.9. The molecule has 0 amide bonds. The van der Waals surface area contributed by atoms with Gasteiger partial charge < -0.3 is 4.74 Å². The Bertz CT molecular complexity index is 699. The van der Waals surface area contributed by atoms with E-state index in [1.165, 1.54) is 51.4 Å². The van der Waals surface area contributed by atoms with Crippen molar-refractivity contribution in [1.82, 2.24) is 5.32 Å². The maximum atomic E-state index is 12.1. The highest BCUT2D eigenvalue weighted by Crippen LogP contribution is 2.70. The Labute approximate surface area is 177 Å². The molecule has 162 valence electrons. The Balaban J connectivity index is 1.28. The molecule has 2 aliphatic heterocycles. The van der Waals surface area contributed by atoms with Crippen LogP contribution >= 0.6 is 0 Å². The Morgan fingerprint density at radius 1 is 1.00 bits per heavy atom. The van der Waals surface area contributed by atoms with Gasteiger partial charge in [-0.2, -0.15) is 0 Å².